The highest BCUT2D eigenvalue weighted by Crippen LogP contribution is 2.30. The Morgan fingerprint density at radius 3 is 2.64 bits per heavy atom. The zero-order valence-corrected chi connectivity index (χ0v) is 16.3. The molecule has 6 nitrogen and oxygen atoms in total. The van der Waals surface area contributed by atoms with Gasteiger partial charge in [-0.25, -0.2) is 4.98 Å². The van der Waals surface area contributed by atoms with Crippen molar-refractivity contribution in [2.45, 2.75) is 13.3 Å². The Labute approximate surface area is 164 Å². The van der Waals surface area contributed by atoms with Gasteiger partial charge in [0.05, 0.1) is 36.2 Å². The highest BCUT2D eigenvalue weighted by atomic mass is 16.5. The fourth-order valence-corrected chi connectivity index (χ4v) is 3.27. The van der Waals surface area contributed by atoms with E-state index in [1.54, 1.807) is 24.2 Å². The number of aryl methyl sites for hydroxylation is 1. The number of hydrogen-bond donors (Lipinski definition) is 0. The van der Waals surface area contributed by atoms with Gasteiger partial charge in [0.25, 0.3) is 0 Å². The summed E-state index contributed by atoms with van der Waals surface area (Å²) in [5.74, 6) is 0.845. The molecule has 0 radical (unpaired) electrons. The molecule has 2 aromatic heterocycles. The van der Waals surface area contributed by atoms with Gasteiger partial charge in [-0.05, 0) is 36.8 Å². The minimum atomic E-state index is 0.821. The zero-order valence-electron chi connectivity index (χ0n) is 16.3. The molecule has 6 heteroatoms. The molecule has 0 bridgehead atoms. The molecule has 0 amide bonds. The summed E-state index contributed by atoms with van der Waals surface area (Å²) < 4.78 is 7.17. The van der Waals surface area contributed by atoms with Crippen LogP contribution >= 0.6 is 0 Å². The Kier molecular flexibility index (Phi) is 4.93. The SMILES string of the molecule is CCCN(c1cccc(OC)c1)c1ccc2ncc(-c3cnn(C)c3)nc2c1. The number of nitrogens with zero attached hydrogens (tertiary/aromatic N) is 5. The Bertz CT molecular complexity index is 1100. The van der Waals surface area contributed by atoms with Crippen molar-refractivity contribution in [2.75, 3.05) is 18.6 Å². The molecular formula is C22H23N5O. The first-order valence-corrected chi connectivity index (χ1v) is 9.35. The van der Waals surface area contributed by atoms with E-state index in [9.17, 15) is 0 Å². The van der Waals surface area contributed by atoms with Crippen LogP contribution in [0.15, 0.2) is 61.1 Å². The maximum absolute atomic E-state index is 5.40. The van der Waals surface area contributed by atoms with Gasteiger partial charge in [-0.15, -0.1) is 0 Å². The van der Waals surface area contributed by atoms with Crippen LogP contribution in [0, 0.1) is 0 Å². The van der Waals surface area contributed by atoms with Crippen molar-refractivity contribution in [1.82, 2.24) is 19.7 Å². The Morgan fingerprint density at radius 1 is 1.04 bits per heavy atom. The first-order chi connectivity index (χ1) is 13.7. The second-order valence-corrected chi connectivity index (χ2v) is 6.68. The molecule has 0 saturated heterocycles. The van der Waals surface area contributed by atoms with E-state index in [1.165, 1.54) is 0 Å². The highest BCUT2D eigenvalue weighted by Gasteiger charge is 2.12. The van der Waals surface area contributed by atoms with Crippen LogP contribution in [-0.2, 0) is 7.05 Å². The summed E-state index contributed by atoms with van der Waals surface area (Å²) in [6, 6.07) is 14.3. The van der Waals surface area contributed by atoms with E-state index in [0.717, 1.165) is 52.4 Å². The van der Waals surface area contributed by atoms with Gasteiger partial charge in [0.1, 0.15) is 5.75 Å². The maximum atomic E-state index is 5.40. The Hall–Kier alpha value is -3.41. The summed E-state index contributed by atoms with van der Waals surface area (Å²) in [6.07, 6.45) is 6.57. The fourth-order valence-electron chi connectivity index (χ4n) is 3.27. The first-order valence-electron chi connectivity index (χ1n) is 9.35. The lowest BCUT2D eigenvalue weighted by atomic mass is 10.2. The normalized spacial score (nSPS) is 11.0. The van der Waals surface area contributed by atoms with Crippen molar-refractivity contribution in [3.05, 3.63) is 61.1 Å². The quantitative estimate of drug-likeness (QED) is 0.495. The minimum Gasteiger partial charge on any atom is -0.497 e. The van der Waals surface area contributed by atoms with Crippen molar-refractivity contribution >= 4 is 22.4 Å². The standard InChI is InChI=1S/C22H23N5O/c1-4-10-27(17-6-5-7-19(11-17)28-3)18-8-9-20-21(12-18)25-22(14-23-20)16-13-24-26(2)15-16/h5-9,11-15H,4,10H2,1-3H3. The molecule has 0 fully saturated rings. The predicted octanol–water partition coefficient (Wildman–Crippen LogP) is 4.59. The molecular weight excluding hydrogens is 350 g/mol. The van der Waals surface area contributed by atoms with Gasteiger partial charge in [0.2, 0.25) is 0 Å². The largest absolute Gasteiger partial charge is 0.497 e. The van der Waals surface area contributed by atoms with Crippen LogP contribution in [0.4, 0.5) is 11.4 Å². The van der Waals surface area contributed by atoms with E-state index in [-0.39, 0.29) is 0 Å². The number of methoxy groups -OCH3 is 1. The molecule has 2 heterocycles. The summed E-state index contributed by atoms with van der Waals surface area (Å²) in [5.41, 5.74) is 5.69. The molecule has 28 heavy (non-hydrogen) atoms. The van der Waals surface area contributed by atoms with Crippen LogP contribution in [0.1, 0.15) is 13.3 Å². The van der Waals surface area contributed by atoms with Gasteiger partial charge >= 0.3 is 0 Å². The summed E-state index contributed by atoms with van der Waals surface area (Å²) in [5, 5.41) is 4.23. The van der Waals surface area contributed by atoms with E-state index < -0.39 is 0 Å². The Morgan fingerprint density at radius 2 is 1.89 bits per heavy atom. The smallest absolute Gasteiger partial charge is 0.120 e. The average molecular weight is 373 g/mol. The van der Waals surface area contributed by atoms with E-state index >= 15 is 0 Å². The lowest BCUT2D eigenvalue weighted by Crippen LogP contribution is -2.17. The molecule has 0 saturated carbocycles. The third-order valence-electron chi connectivity index (χ3n) is 4.65. The molecule has 0 atom stereocenters. The van der Waals surface area contributed by atoms with E-state index in [1.807, 2.05) is 31.4 Å². The van der Waals surface area contributed by atoms with Crippen LogP contribution in [0.25, 0.3) is 22.3 Å². The van der Waals surface area contributed by atoms with Crippen molar-refractivity contribution in [1.29, 1.82) is 0 Å². The first kappa shape index (κ1) is 18.0. The van der Waals surface area contributed by atoms with Crippen molar-refractivity contribution < 1.29 is 4.74 Å². The second kappa shape index (κ2) is 7.68. The second-order valence-electron chi connectivity index (χ2n) is 6.68. The summed E-state index contributed by atoms with van der Waals surface area (Å²) >= 11 is 0. The van der Waals surface area contributed by atoms with Gasteiger partial charge in [-0.3, -0.25) is 9.67 Å². The number of hydrogen-bond acceptors (Lipinski definition) is 5. The van der Waals surface area contributed by atoms with Gasteiger partial charge in [0, 0.05) is 42.8 Å². The topological polar surface area (TPSA) is 56.1 Å². The number of fused-ring (bicyclic) bond motifs is 1. The molecule has 0 unspecified atom stereocenters. The van der Waals surface area contributed by atoms with Crippen LogP contribution in [-0.4, -0.2) is 33.4 Å². The van der Waals surface area contributed by atoms with Crippen molar-refractivity contribution in [3.63, 3.8) is 0 Å². The van der Waals surface area contributed by atoms with Crippen LogP contribution in [0.3, 0.4) is 0 Å². The van der Waals surface area contributed by atoms with E-state index in [4.69, 9.17) is 9.72 Å². The predicted molar refractivity (Wildman–Crippen MR) is 112 cm³/mol. The molecule has 142 valence electrons. The molecule has 0 aliphatic rings. The summed E-state index contributed by atoms with van der Waals surface area (Å²) in [6.45, 7) is 3.07. The average Bonchev–Trinajstić information content (AvgIpc) is 3.17. The van der Waals surface area contributed by atoms with Gasteiger partial charge in [-0.2, -0.15) is 5.10 Å². The van der Waals surface area contributed by atoms with Gasteiger partial charge in [-0.1, -0.05) is 13.0 Å². The third kappa shape index (κ3) is 3.53. The van der Waals surface area contributed by atoms with Crippen molar-refractivity contribution in [3.8, 4) is 17.0 Å². The molecule has 0 spiro atoms. The van der Waals surface area contributed by atoms with E-state index in [0.29, 0.717) is 0 Å². The molecule has 4 aromatic rings. The Balaban J connectivity index is 1.77. The molecule has 0 N–H and O–H groups in total. The van der Waals surface area contributed by atoms with Crippen LogP contribution < -0.4 is 9.64 Å². The number of ether oxygens (including phenoxy) is 1. The summed E-state index contributed by atoms with van der Waals surface area (Å²) in [4.78, 5) is 11.7. The van der Waals surface area contributed by atoms with Crippen LogP contribution in [0.2, 0.25) is 0 Å². The molecule has 2 aromatic carbocycles. The van der Waals surface area contributed by atoms with E-state index in [2.05, 4.69) is 46.2 Å². The fraction of sp³-hybridized carbons (Fsp3) is 0.227. The minimum absolute atomic E-state index is 0.821. The van der Waals surface area contributed by atoms with Crippen molar-refractivity contribution in [2.24, 2.45) is 7.05 Å². The molecule has 0 aliphatic carbocycles. The highest BCUT2D eigenvalue weighted by molar-refractivity contribution is 5.82. The van der Waals surface area contributed by atoms with Crippen LogP contribution in [0.5, 0.6) is 5.75 Å². The van der Waals surface area contributed by atoms with Gasteiger partial charge in [0.15, 0.2) is 0 Å². The number of aromatic nitrogens is 4. The lowest BCUT2D eigenvalue weighted by Gasteiger charge is -2.25. The molecule has 0 aliphatic heterocycles. The maximum Gasteiger partial charge on any atom is 0.120 e. The summed E-state index contributed by atoms with van der Waals surface area (Å²) in [7, 11) is 3.59. The molecule has 4 rings (SSSR count). The lowest BCUT2D eigenvalue weighted by molar-refractivity contribution is 0.415. The number of rotatable bonds is 6. The number of benzene rings is 2. The zero-order chi connectivity index (χ0) is 19.5. The van der Waals surface area contributed by atoms with Gasteiger partial charge < -0.3 is 9.64 Å². The third-order valence-corrected chi connectivity index (χ3v) is 4.65. The number of anilines is 2. The monoisotopic (exact) mass is 373 g/mol.